The molecule has 1 aromatic heterocycles. The molecule has 1 aromatic rings. The first-order chi connectivity index (χ1) is 8.19. The van der Waals surface area contributed by atoms with Gasteiger partial charge >= 0.3 is 0 Å². The van der Waals surface area contributed by atoms with E-state index in [4.69, 9.17) is 5.26 Å². The molecular weight excluding hydrogens is 232 g/mol. The third kappa shape index (κ3) is 3.18. The van der Waals surface area contributed by atoms with Gasteiger partial charge in [-0.2, -0.15) is 5.26 Å². The quantitative estimate of drug-likeness (QED) is 0.820. The number of anilines is 1. The summed E-state index contributed by atoms with van der Waals surface area (Å²) in [6.07, 6.45) is 4.24. The third-order valence-electron chi connectivity index (χ3n) is 3.18. The number of hydrogen-bond acceptors (Lipinski definition) is 5. The largest absolute Gasteiger partial charge is 0.351 e. The van der Waals surface area contributed by atoms with Gasteiger partial charge in [0.2, 0.25) is 0 Å². The van der Waals surface area contributed by atoms with Crippen molar-refractivity contribution in [2.45, 2.75) is 12.8 Å². The highest BCUT2D eigenvalue weighted by Crippen LogP contribution is 2.23. The lowest BCUT2D eigenvalue weighted by Crippen LogP contribution is -2.38. The number of nitrogens with zero attached hydrogens (tertiary/aromatic N) is 4. The highest BCUT2D eigenvalue weighted by Gasteiger charge is 2.19. The van der Waals surface area contributed by atoms with E-state index in [0.29, 0.717) is 10.8 Å². The van der Waals surface area contributed by atoms with Crippen LogP contribution in [0.1, 0.15) is 17.7 Å². The van der Waals surface area contributed by atoms with Crippen molar-refractivity contribution < 1.29 is 0 Å². The van der Waals surface area contributed by atoms with Gasteiger partial charge in [0.25, 0.3) is 0 Å². The fourth-order valence-corrected chi connectivity index (χ4v) is 3.06. The Morgan fingerprint density at radius 3 is 3.18 bits per heavy atom. The van der Waals surface area contributed by atoms with Crippen LogP contribution in [0.15, 0.2) is 6.20 Å². The van der Waals surface area contributed by atoms with Gasteiger partial charge < -0.3 is 9.80 Å². The van der Waals surface area contributed by atoms with Gasteiger partial charge in [0.1, 0.15) is 10.9 Å². The molecule has 4 nitrogen and oxygen atoms in total. The Morgan fingerprint density at radius 1 is 1.71 bits per heavy atom. The first kappa shape index (κ1) is 12.3. The molecule has 1 atom stereocenters. The fourth-order valence-electron chi connectivity index (χ4n) is 2.38. The van der Waals surface area contributed by atoms with Crippen LogP contribution in [0.5, 0.6) is 0 Å². The zero-order valence-corrected chi connectivity index (χ0v) is 11.2. The lowest BCUT2D eigenvalue weighted by Gasteiger charge is -2.32. The summed E-state index contributed by atoms with van der Waals surface area (Å²) in [5.74, 6) is 0.716. The van der Waals surface area contributed by atoms with Crippen molar-refractivity contribution in [3.05, 3.63) is 11.1 Å². The van der Waals surface area contributed by atoms with E-state index in [0.717, 1.165) is 11.7 Å². The van der Waals surface area contributed by atoms with E-state index in [2.05, 4.69) is 34.9 Å². The molecule has 1 aliphatic heterocycles. The van der Waals surface area contributed by atoms with E-state index in [-0.39, 0.29) is 0 Å². The number of nitriles is 1. The van der Waals surface area contributed by atoms with Crippen molar-refractivity contribution in [1.82, 2.24) is 9.88 Å². The summed E-state index contributed by atoms with van der Waals surface area (Å²) in [5, 5.41) is 9.74. The number of aromatic nitrogens is 1. The zero-order valence-electron chi connectivity index (χ0n) is 10.4. The predicted molar refractivity (Wildman–Crippen MR) is 70.3 cm³/mol. The Balaban J connectivity index is 1.92. The fraction of sp³-hybridized carbons (Fsp3) is 0.667. The number of likely N-dealkylation sites (tertiary alicyclic amines) is 1. The van der Waals surface area contributed by atoms with Crippen LogP contribution in [-0.2, 0) is 0 Å². The summed E-state index contributed by atoms with van der Waals surface area (Å²) < 4.78 is 0. The molecule has 0 spiro atoms. The topological polar surface area (TPSA) is 43.2 Å². The molecule has 0 N–H and O–H groups in total. The van der Waals surface area contributed by atoms with Gasteiger partial charge in [0.05, 0.1) is 6.20 Å². The van der Waals surface area contributed by atoms with Gasteiger partial charge in [0.15, 0.2) is 5.13 Å². The Bertz CT molecular complexity index is 409. The molecule has 1 fully saturated rings. The van der Waals surface area contributed by atoms with E-state index in [9.17, 15) is 0 Å². The maximum Gasteiger partial charge on any atom is 0.186 e. The first-order valence-corrected chi connectivity index (χ1v) is 6.76. The molecule has 0 aromatic carbocycles. The maximum absolute atomic E-state index is 8.78. The summed E-state index contributed by atoms with van der Waals surface area (Å²) in [6.45, 7) is 3.42. The molecular formula is C12H18N4S. The second-order valence-electron chi connectivity index (χ2n) is 4.77. The third-order valence-corrected chi connectivity index (χ3v) is 4.20. The number of thiazole rings is 1. The molecule has 17 heavy (non-hydrogen) atoms. The van der Waals surface area contributed by atoms with Gasteiger partial charge in [-0.3, -0.25) is 0 Å². The van der Waals surface area contributed by atoms with Crippen molar-refractivity contribution in [2.24, 2.45) is 5.92 Å². The van der Waals surface area contributed by atoms with Crippen molar-refractivity contribution in [2.75, 3.05) is 38.6 Å². The Kier molecular flexibility index (Phi) is 3.97. The molecule has 2 rings (SSSR count). The summed E-state index contributed by atoms with van der Waals surface area (Å²) in [5.41, 5.74) is 0. The average Bonchev–Trinajstić information content (AvgIpc) is 2.77. The molecule has 1 unspecified atom stereocenters. The van der Waals surface area contributed by atoms with Crippen LogP contribution in [0.4, 0.5) is 5.13 Å². The lowest BCUT2D eigenvalue weighted by atomic mass is 9.98. The minimum Gasteiger partial charge on any atom is -0.351 e. The highest BCUT2D eigenvalue weighted by molar-refractivity contribution is 7.16. The summed E-state index contributed by atoms with van der Waals surface area (Å²) in [7, 11) is 4.25. The van der Waals surface area contributed by atoms with E-state index in [1.807, 2.05) is 0 Å². The lowest BCUT2D eigenvalue weighted by molar-refractivity contribution is 0.213. The number of hydrogen-bond donors (Lipinski definition) is 0. The van der Waals surface area contributed by atoms with Gasteiger partial charge in [-0.25, -0.2) is 4.98 Å². The average molecular weight is 250 g/mol. The minimum atomic E-state index is 0.688. The summed E-state index contributed by atoms with van der Waals surface area (Å²) in [4.78, 5) is 9.54. The Labute approximate surface area is 106 Å². The van der Waals surface area contributed by atoms with Crippen molar-refractivity contribution in [3.63, 3.8) is 0 Å². The SMILES string of the molecule is CN1CCCC(CN(C)c2ncc(C#N)s2)C1. The van der Waals surface area contributed by atoms with E-state index in [1.54, 1.807) is 6.20 Å². The van der Waals surface area contributed by atoms with E-state index < -0.39 is 0 Å². The molecule has 92 valence electrons. The van der Waals surface area contributed by atoms with Crippen LogP contribution in [0.2, 0.25) is 0 Å². The number of piperidine rings is 1. The second-order valence-corrected chi connectivity index (χ2v) is 5.78. The first-order valence-electron chi connectivity index (χ1n) is 5.94. The molecule has 0 aliphatic carbocycles. The van der Waals surface area contributed by atoms with Crippen molar-refractivity contribution in [3.8, 4) is 6.07 Å². The normalized spacial score (nSPS) is 21.1. The van der Waals surface area contributed by atoms with Crippen LogP contribution in [0, 0.1) is 17.2 Å². The number of rotatable bonds is 3. The van der Waals surface area contributed by atoms with Crippen LogP contribution in [0.25, 0.3) is 0 Å². The van der Waals surface area contributed by atoms with Crippen LogP contribution in [-0.4, -0.2) is 43.6 Å². The molecule has 1 saturated heterocycles. The Hall–Kier alpha value is -1.12. The van der Waals surface area contributed by atoms with Crippen LogP contribution >= 0.6 is 11.3 Å². The molecule has 0 saturated carbocycles. The van der Waals surface area contributed by atoms with E-state index in [1.165, 1.54) is 37.3 Å². The summed E-state index contributed by atoms with van der Waals surface area (Å²) in [6, 6.07) is 2.13. The standard InChI is InChI=1S/C12H18N4S/c1-15-5-3-4-10(8-15)9-16(2)12-14-7-11(6-13)17-12/h7,10H,3-5,8-9H2,1-2H3. The molecule has 1 aliphatic rings. The monoisotopic (exact) mass is 250 g/mol. The van der Waals surface area contributed by atoms with Gasteiger partial charge in [-0.15, -0.1) is 0 Å². The summed E-state index contributed by atoms with van der Waals surface area (Å²) >= 11 is 1.47. The minimum absolute atomic E-state index is 0.688. The van der Waals surface area contributed by atoms with Gasteiger partial charge in [0, 0.05) is 20.1 Å². The van der Waals surface area contributed by atoms with Crippen LogP contribution in [0.3, 0.4) is 0 Å². The van der Waals surface area contributed by atoms with Gasteiger partial charge in [-0.05, 0) is 32.4 Å². The molecule has 5 heteroatoms. The van der Waals surface area contributed by atoms with Crippen LogP contribution < -0.4 is 4.90 Å². The maximum atomic E-state index is 8.78. The zero-order chi connectivity index (χ0) is 12.3. The highest BCUT2D eigenvalue weighted by atomic mass is 32.1. The Morgan fingerprint density at radius 2 is 2.53 bits per heavy atom. The second kappa shape index (κ2) is 5.48. The van der Waals surface area contributed by atoms with Crippen molar-refractivity contribution >= 4 is 16.5 Å². The van der Waals surface area contributed by atoms with Gasteiger partial charge in [-0.1, -0.05) is 11.3 Å². The molecule has 2 heterocycles. The predicted octanol–water partition coefficient (Wildman–Crippen LogP) is 1.79. The van der Waals surface area contributed by atoms with E-state index >= 15 is 0 Å². The molecule has 0 bridgehead atoms. The molecule has 0 radical (unpaired) electrons. The van der Waals surface area contributed by atoms with Crippen molar-refractivity contribution in [1.29, 1.82) is 5.26 Å². The smallest absolute Gasteiger partial charge is 0.186 e. The molecule has 0 amide bonds.